The van der Waals surface area contributed by atoms with E-state index in [2.05, 4.69) is 0 Å². The van der Waals surface area contributed by atoms with Crippen molar-refractivity contribution in [2.45, 2.75) is 4.90 Å². The van der Waals surface area contributed by atoms with Crippen LogP contribution in [0.15, 0.2) is 23.1 Å². The van der Waals surface area contributed by atoms with Crippen molar-refractivity contribution >= 4 is 18.0 Å². The number of carbonyl (C=O) groups excluding carboxylic acids is 1. The number of rotatable bonds is 3. The van der Waals surface area contributed by atoms with E-state index in [1.807, 2.05) is 18.4 Å². The lowest BCUT2D eigenvalue weighted by atomic mass is 10.2. The third-order valence-electron chi connectivity index (χ3n) is 1.57. The Balaban J connectivity index is 3.10. The topological polar surface area (TPSA) is 26.3 Å². The molecule has 1 rings (SSSR count). The molecule has 0 heterocycles. The maximum Gasteiger partial charge on any atom is 0.153 e. The quantitative estimate of drug-likeness (QED) is 0.529. The maximum atomic E-state index is 10.5. The molecule has 3 heteroatoms. The van der Waals surface area contributed by atoms with Gasteiger partial charge in [-0.3, -0.25) is 4.79 Å². The molecular formula is C9H10O2S. The Morgan fingerprint density at radius 3 is 2.75 bits per heavy atom. The molecule has 0 radical (unpaired) electrons. The molecule has 0 bridgehead atoms. The molecule has 0 saturated heterocycles. The van der Waals surface area contributed by atoms with Crippen LogP contribution in [0.25, 0.3) is 0 Å². The second-order valence-electron chi connectivity index (χ2n) is 2.23. The van der Waals surface area contributed by atoms with Crippen molar-refractivity contribution in [3.8, 4) is 5.75 Å². The molecule has 1 aromatic carbocycles. The monoisotopic (exact) mass is 182 g/mol. The SMILES string of the molecule is COc1cc(SC)ccc1C=O. The van der Waals surface area contributed by atoms with Crippen molar-refractivity contribution in [1.29, 1.82) is 0 Å². The number of hydrogen-bond donors (Lipinski definition) is 0. The van der Waals surface area contributed by atoms with Gasteiger partial charge in [0, 0.05) is 4.90 Å². The third kappa shape index (κ3) is 1.80. The Bertz CT molecular complexity index is 284. The summed E-state index contributed by atoms with van der Waals surface area (Å²) in [7, 11) is 1.56. The zero-order valence-corrected chi connectivity index (χ0v) is 7.85. The average molecular weight is 182 g/mol. The maximum absolute atomic E-state index is 10.5. The Kier molecular flexibility index (Phi) is 3.17. The number of methoxy groups -OCH3 is 1. The molecule has 0 saturated carbocycles. The summed E-state index contributed by atoms with van der Waals surface area (Å²) in [6.45, 7) is 0. The summed E-state index contributed by atoms with van der Waals surface area (Å²) < 4.78 is 5.03. The van der Waals surface area contributed by atoms with E-state index in [0.29, 0.717) is 11.3 Å². The molecule has 0 unspecified atom stereocenters. The van der Waals surface area contributed by atoms with Gasteiger partial charge >= 0.3 is 0 Å². The summed E-state index contributed by atoms with van der Waals surface area (Å²) in [5, 5.41) is 0. The fourth-order valence-corrected chi connectivity index (χ4v) is 1.34. The van der Waals surface area contributed by atoms with E-state index in [1.54, 1.807) is 24.9 Å². The van der Waals surface area contributed by atoms with Crippen LogP contribution in [-0.4, -0.2) is 19.7 Å². The van der Waals surface area contributed by atoms with Crippen molar-refractivity contribution < 1.29 is 9.53 Å². The summed E-state index contributed by atoms with van der Waals surface area (Å²) in [5.74, 6) is 0.636. The van der Waals surface area contributed by atoms with Gasteiger partial charge in [-0.2, -0.15) is 0 Å². The van der Waals surface area contributed by atoms with Crippen LogP contribution in [0.3, 0.4) is 0 Å². The van der Waals surface area contributed by atoms with Gasteiger partial charge in [-0.1, -0.05) is 0 Å². The van der Waals surface area contributed by atoms with Crippen molar-refractivity contribution in [1.82, 2.24) is 0 Å². The lowest BCUT2D eigenvalue weighted by molar-refractivity contribution is 0.112. The molecule has 12 heavy (non-hydrogen) atoms. The number of aldehydes is 1. The second kappa shape index (κ2) is 4.16. The van der Waals surface area contributed by atoms with Crippen molar-refractivity contribution in [3.63, 3.8) is 0 Å². The number of hydrogen-bond acceptors (Lipinski definition) is 3. The normalized spacial score (nSPS) is 9.50. The fraction of sp³-hybridized carbons (Fsp3) is 0.222. The minimum Gasteiger partial charge on any atom is -0.496 e. The van der Waals surface area contributed by atoms with E-state index in [0.717, 1.165) is 11.2 Å². The predicted molar refractivity (Wildman–Crippen MR) is 50.2 cm³/mol. The number of benzene rings is 1. The number of thioether (sulfide) groups is 1. The summed E-state index contributed by atoms with van der Waals surface area (Å²) >= 11 is 1.62. The van der Waals surface area contributed by atoms with Gasteiger partial charge in [-0.15, -0.1) is 11.8 Å². The number of carbonyl (C=O) groups is 1. The molecule has 0 spiro atoms. The molecule has 0 aliphatic heterocycles. The molecule has 1 aromatic rings. The molecule has 0 fully saturated rings. The predicted octanol–water partition coefficient (Wildman–Crippen LogP) is 2.23. The van der Waals surface area contributed by atoms with Gasteiger partial charge in [0.05, 0.1) is 12.7 Å². The van der Waals surface area contributed by atoms with Crippen LogP contribution < -0.4 is 4.74 Å². The molecular weight excluding hydrogens is 172 g/mol. The van der Waals surface area contributed by atoms with Gasteiger partial charge in [0.25, 0.3) is 0 Å². The molecule has 0 aliphatic rings. The molecule has 0 N–H and O–H groups in total. The van der Waals surface area contributed by atoms with Gasteiger partial charge in [0.15, 0.2) is 6.29 Å². The van der Waals surface area contributed by atoms with Crippen LogP contribution in [0.5, 0.6) is 5.75 Å². The largest absolute Gasteiger partial charge is 0.496 e. The smallest absolute Gasteiger partial charge is 0.153 e. The minimum absolute atomic E-state index is 0.593. The highest BCUT2D eigenvalue weighted by Gasteiger charge is 2.01. The van der Waals surface area contributed by atoms with Crippen LogP contribution in [0.4, 0.5) is 0 Å². The highest BCUT2D eigenvalue weighted by atomic mass is 32.2. The highest BCUT2D eigenvalue weighted by molar-refractivity contribution is 7.98. The summed E-state index contributed by atoms with van der Waals surface area (Å²) in [6.07, 6.45) is 2.78. The number of ether oxygens (including phenoxy) is 1. The van der Waals surface area contributed by atoms with Crippen molar-refractivity contribution in [2.75, 3.05) is 13.4 Å². The van der Waals surface area contributed by atoms with Crippen molar-refractivity contribution in [3.05, 3.63) is 23.8 Å². The summed E-state index contributed by atoms with van der Waals surface area (Å²) in [5.41, 5.74) is 0.593. The van der Waals surface area contributed by atoms with Crippen LogP contribution in [0.1, 0.15) is 10.4 Å². The molecule has 0 aromatic heterocycles. The van der Waals surface area contributed by atoms with Gasteiger partial charge in [-0.25, -0.2) is 0 Å². The summed E-state index contributed by atoms with van der Waals surface area (Å²) in [4.78, 5) is 11.6. The molecule has 0 amide bonds. The van der Waals surface area contributed by atoms with E-state index in [-0.39, 0.29) is 0 Å². The fourth-order valence-electron chi connectivity index (χ4n) is 0.916. The first-order valence-electron chi connectivity index (χ1n) is 3.49. The molecule has 0 atom stereocenters. The van der Waals surface area contributed by atoms with E-state index in [1.165, 1.54) is 0 Å². The lowest BCUT2D eigenvalue weighted by Crippen LogP contribution is -1.89. The minimum atomic E-state index is 0.593. The standard InChI is InChI=1S/C9H10O2S/c1-11-9-5-8(12-2)4-3-7(9)6-10/h3-6H,1-2H3. The molecule has 64 valence electrons. The first-order chi connectivity index (χ1) is 5.81. The second-order valence-corrected chi connectivity index (χ2v) is 3.11. The van der Waals surface area contributed by atoms with Gasteiger partial charge in [-0.05, 0) is 24.5 Å². The Labute approximate surface area is 75.9 Å². The van der Waals surface area contributed by atoms with E-state index < -0.39 is 0 Å². The van der Waals surface area contributed by atoms with E-state index in [9.17, 15) is 4.79 Å². The Hall–Kier alpha value is -0.960. The van der Waals surface area contributed by atoms with E-state index >= 15 is 0 Å². The van der Waals surface area contributed by atoms with Crippen LogP contribution >= 0.6 is 11.8 Å². The zero-order valence-electron chi connectivity index (χ0n) is 7.03. The van der Waals surface area contributed by atoms with E-state index in [4.69, 9.17) is 4.74 Å². The highest BCUT2D eigenvalue weighted by Crippen LogP contribution is 2.23. The van der Waals surface area contributed by atoms with Crippen LogP contribution in [0, 0.1) is 0 Å². The van der Waals surface area contributed by atoms with Gasteiger partial charge < -0.3 is 4.74 Å². The van der Waals surface area contributed by atoms with Gasteiger partial charge in [0.1, 0.15) is 5.75 Å². The van der Waals surface area contributed by atoms with Crippen molar-refractivity contribution in [2.24, 2.45) is 0 Å². The Morgan fingerprint density at radius 1 is 1.50 bits per heavy atom. The Morgan fingerprint density at radius 2 is 2.25 bits per heavy atom. The van der Waals surface area contributed by atoms with Gasteiger partial charge in [0.2, 0.25) is 0 Å². The summed E-state index contributed by atoms with van der Waals surface area (Å²) in [6, 6.07) is 5.52. The van der Waals surface area contributed by atoms with Crippen LogP contribution in [-0.2, 0) is 0 Å². The first kappa shape index (κ1) is 9.13. The molecule has 0 aliphatic carbocycles. The first-order valence-corrected chi connectivity index (χ1v) is 4.71. The van der Waals surface area contributed by atoms with Crippen LogP contribution in [0.2, 0.25) is 0 Å². The lowest BCUT2D eigenvalue weighted by Gasteiger charge is -2.04. The third-order valence-corrected chi connectivity index (χ3v) is 2.29. The molecule has 2 nitrogen and oxygen atoms in total. The average Bonchev–Trinajstić information content (AvgIpc) is 2.16. The zero-order chi connectivity index (χ0) is 8.97.